The van der Waals surface area contributed by atoms with Crippen molar-refractivity contribution in [2.75, 3.05) is 27.2 Å². The third-order valence-electron chi connectivity index (χ3n) is 4.33. The van der Waals surface area contributed by atoms with Crippen LogP contribution in [0.1, 0.15) is 49.8 Å². The van der Waals surface area contributed by atoms with Crippen LogP contribution in [0.3, 0.4) is 0 Å². The maximum atomic E-state index is 3.47. The molecule has 0 radical (unpaired) electrons. The molecule has 2 rings (SSSR count). The minimum absolute atomic E-state index is 0.547. The highest BCUT2D eigenvalue weighted by Crippen LogP contribution is 2.29. The first-order valence-corrected chi connectivity index (χ1v) is 7.55. The zero-order chi connectivity index (χ0) is 13.8. The first kappa shape index (κ1) is 14.5. The Kier molecular flexibility index (Phi) is 5.00. The summed E-state index contributed by atoms with van der Waals surface area (Å²) in [5.74, 6) is 1.45. The van der Waals surface area contributed by atoms with Crippen LogP contribution in [0, 0.1) is 5.92 Å². The van der Waals surface area contributed by atoms with Gasteiger partial charge in [-0.05, 0) is 63.0 Å². The van der Waals surface area contributed by atoms with Gasteiger partial charge in [0.1, 0.15) is 0 Å². The van der Waals surface area contributed by atoms with Crippen molar-refractivity contribution >= 4 is 0 Å². The van der Waals surface area contributed by atoms with E-state index in [2.05, 4.69) is 62.4 Å². The second-order valence-electron chi connectivity index (χ2n) is 6.40. The number of hydrogen-bond donors (Lipinski definition) is 1. The van der Waals surface area contributed by atoms with Gasteiger partial charge in [-0.15, -0.1) is 0 Å². The van der Waals surface area contributed by atoms with E-state index in [4.69, 9.17) is 0 Å². The van der Waals surface area contributed by atoms with E-state index in [-0.39, 0.29) is 0 Å². The summed E-state index contributed by atoms with van der Waals surface area (Å²) in [5.41, 5.74) is 2.89. The Morgan fingerprint density at radius 1 is 1.16 bits per heavy atom. The van der Waals surface area contributed by atoms with Gasteiger partial charge in [0.25, 0.3) is 0 Å². The molecule has 1 heterocycles. The molecule has 0 saturated carbocycles. The van der Waals surface area contributed by atoms with Crippen LogP contribution in [0.25, 0.3) is 0 Å². The lowest BCUT2D eigenvalue weighted by Gasteiger charge is -2.27. The van der Waals surface area contributed by atoms with Crippen LogP contribution in [-0.4, -0.2) is 32.1 Å². The summed E-state index contributed by atoms with van der Waals surface area (Å²) in [5, 5.41) is 3.47. The van der Waals surface area contributed by atoms with E-state index in [1.807, 2.05) is 0 Å². The maximum absolute atomic E-state index is 3.47. The van der Waals surface area contributed by atoms with Gasteiger partial charge in [0.05, 0.1) is 0 Å². The third-order valence-corrected chi connectivity index (χ3v) is 4.33. The minimum atomic E-state index is 0.547. The van der Waals surface area contributed by atoms with Crippen molar-refractivity contribution < 1.29 is 0 Å². The lowest BCUT2D eigenvalue weighted by atomic mass is 9.92. The van der Waals surface area contributed by atoms with E-state index in [9.17, 15) is 0 Å². The SMILES string of the molecule is CC(C)c1ccc(C(CC2CCNC2)N(C)C)cc1. The number of nitrogens with one attached hydrogen (secondary N) is 1. The standard InChI is InChI=1S/C17H28N2/c1-13(2)15-5-7-16(8-6-15)17(19(3)4)11-14-9-10-18-12-14/h5-8,13-14,17-18H,9-12H2,1-4H3. The summed E-state index contributed by atoms with van der Waals surface area (Å²) in [4.78, 5) is 2.36. The Morgan fingerprint density at radius 2 is 1.79 bits per heavy atom. The smallest absolute Gasteiger partial charge is 0.0345 e. The Hall–Kier alpha value is -0.860. The molecule has 106 valence electrons. The number of benzene rings is 1. The summed E-state index contributed by atoms with van der Waals surface area (Å²) in [6, 6.07) is 9.78. The maximum Gasteiger partial charge on any atom is 0.0345 e. The molecule has 1 aromatic rings. The largest absolute Gasteiger partial charge is 0.316 e. The van der Waals surface area contributed by atoms with Crippen LogP contribution in [0.2, 0.25) is 0 Å². The first-order valence-electron chi connectivity index (χ1n) is 7.55. The third kappa shape index (κ3) is 3.80. The summed E-state index contributed by atoms with van der Waals surface area (Å²) in [7, 11) is 4.40. The highest BCUT2D eigenvalue weighted by Gasteiger charge is 2.22. The molecular formula is C17H28N2. The predicted octanol–water partition coefficient (Wildman–Crippen LogP) is 3.41. The summed E-state index contributed by atoms with van der Waals surface area (Å²) in [6.07, 6.45) is 2.59. The summed E-state index contributed by atoms with van der Waals surface area (Å²) < 4.78 is 0. The van der Waals surface area contributed by atoms with Gasteiger partial charge in [0.15, 0.2) is 0 Å². The van der Waals surface area contributed by atoms with E-state index < -0.39 is 0 Å². The average molecular weight is 260 g/mol. The van der Waals surface area contributed by atoms with Crippen molar-refractivity contribution in [1.29, 1.82) is 0 Å². The van der Waals surface area contributed by atoms with Gasteiger partial charge in [0, 0.05) is 6.04 Å². The fourth-order valence-electron chi connectivity index (χ4n) is 2.98. The monoisotopic (exact) mass is 260 g/mol. The molecule has 0 amide bonds. The van der Waals surface area contributed by atoms with Gasteiger partial charge >= 0.3 is 0 Å². The predicted molar refractivity (Wildman–Crippen MR) is 82.6 cm³/mol. The van der Waals surface area contributed by atoms with E-state index in [0.717, 1.165) is 5.92 Å². The van der Waals surface area contributed by atoms with Crippen molar-refractivity contribution in [1.82, 2.24) is 10.2 Å². The van der Waals surface area contributed by atoms with Gasteiger partial charge in [0.2, 0.25) is 0 Å². The molecule has 1 aromatic carbocycles. The molecule has 2 nitrogen and oxygen atoms in total. The topological polar surface area (TPSA) is 15.3 Å². The lowest BCUT2D eigenvalue weighted by molar-refractivity contribution is 0.253. The van der Waals surface area contributed by atoms with Gasteiger partial charge in [-0.25, -0.2) is 0 Å². The number of hydrogen-bond acceptors (Lipinski definition) is 2. The molecule has 2 atom stereocenters. The zero-order valence-electron chi connectivity index (χ0n) is 12.8. The average Bonchev–Trinajstić information content (AvgIpc) is 2.88. The fraction of sp³-hybridized carbons (Fsp3) is 0.647. The van der Waals surface area contributed by atoms with Gasteiger partial charge in [-0.3, -0.25) is 0 Å². The van der Waals surface area contributed by atoms with E-state index in [1.54, 1.807) is 0 Å². The Balaban J connectivity index is 2.09. The first-order chi connectivity index (χ1) is 9.08. The van der Waals surface area contributed by atoms with Gasteiger partial charge < -0.3 is 10.2 Å². The second kappa shape index (κ2) is 6.53. The van der Waals surface area contributed by atoms with Crippen molar-refractivity contribution in [3.05, 3.63) is 35.4 Å². The zero-order valence-corrected chi connectivity index (χ0v) is 12.8. The van der Waals surface area contributed by atoms with Crippen LogP contribution in [-0.2, 0) is 0 Å². The quantitative estimate of drug-likeness (QED) is 0.873. The summed E-state index contributed by atoms with van der Waals surface area (Å²) in [6.45, 7) is 6.89. The Morgan fingerprint density at radius 3 is 2.26 bits per heavy atom. The number of rotatable bonds is 5. The normalized spacial score (nSPS) is 21.3. The van der Waals surface area contributed by atoms with Crippen molar-refractivity contribution in [2.24, 2.45) is 5.92 Å². The lowest BCUT2D eigenvalue weighted by Crippen LogP contribution is -2.23. The van der Waals surface area contributed by atoms with Crippen LogP contribution in [0.5, 0.6) is 0 Å². The molecule has 0 aromatic heterocycles. The van der Waals surface area contributed by atoms with Crippen molar-refractivity contribution in [3.63, 3.8) is 0 Å². The molecule has 0 spiro atoms. The molecule has 1 saturated heterocycles. The van der Waals surface area contributed by atoms with E-state index >= 15 is 0 Å². The van der Waals surface area contributed by atoms with Crippen molar-refractivity contribution in [3.8, 4) is 0 Å². The molecule has 0 aliphatic carbocycles. The molecule has 1 fully saturated rings. The van der Waals surface area contributed by atoms with E-state index in [1.165, 1.54) is 37.1 Å². The number of nitrogens with zero attached hydrogens (tertiary/aromatic N) is 1. The van der Waals surface area contributed by atoms with Gasteiger partial charge in [-0.2, -0.15) is 0 Å². The van der Waals surface area contributed by atoms with Crippen LogP contribution in [0.15, 0.2) is 24.3 Å². The molecular weight excluding hydrogens is 232 g/mol. The Labute approximate surface area is 118 Å². The van der Waals surface area contributed by atoms with E-state index in [0.29, 0.717) is 12.0 Å². The minimum Gasteiger partial charge on any atom is -0.316 e. The molecule has 2 unspecified atom stereocenters. The highest BCUT2D eigenvalue weighted by atomic mass is 15.1. The molecule has 1 aliphatic heterocycles. The van der Waals surface area contributed by atoms with Crippen molar-refractivity contribution in [2.45, 2.75) is 38.6 Å². The summed E-state index contributed by atoms with van der Waals surface area (Å²) >= 11 is 0. The molecule has 0 bridgehead atoms. The highest BCUT2D eigenvalue weighted by molar-refractivity contribution is 5.27. The molecule has 2 heteroatoms. The Bertz CT molecular complexity index is 375. The molecule has 1 aliphatic rings. The van der Waals surface area contributed by atoms with Crippen LogP contribution in [0.4, 0.5) is 0 Å². The van der Waals surface area contributed by atoms with Gasteiger partial charge in [-0.1, -0.05) is 38.1 Å². The van der Waals surface area contributed by atoms with Crippen LogP contribution >= 0.6 is 0 Å². The molecule has 19 heavy (non-hydrogen) atoms. The fourth-order valence-corrected chi connectivity index (χ4v) is 2.98. The van der Waals surface area contributed by atoms with Crippen LogP contribution < -0.4 is 5.32 Å². The second-order valence-corrected chi connectivity index (χ2v) is 6.40. The molecule has 1 N–H and O–H groups in total.